The van der Waals surface area contributed by atoms with Crippen molar-refractivity contribution >= 4 is 33.0 Å². The first-order chi connectivity index (χ1) is 13.2. The summed E-state index contributed by atoms with van der Waals surface area (Å²) in [5.41, 5.74) is 0.163. The highest BCUT2D eigenvalue weighted by Crippen LogP contribution is 2.32. The smallest absolute Gasteiger partial charge is 0.355 e. The average molecular weight is 424 g/mol. The number of aromatic hydroxyl groups is 1. The molecule has 1 aromatic carbocycles. The molecule has 0 radical (unpaired) electrons. The summed E-state index contributed by atoms with van der Waals surface area (Å²) in [6.07, 6.45) is 1.12. The third-order valence-electron chi connectivity index (χ3n) is 4.06. The Morgan fingerprint density at radius 3 is 2.68 bits per heavy atom. The molecule has 1 saturated carbocycles. The van der Waals surface area contributed by atoms with Gasteiger partial charge in [0.2, 0.25) is 21.0 Å². The summed E-state index contributed by atoms with van der Waals surface area (Å²) in [7, 11) is -3.59. The first-order valence-electron chi connectivity index (χ1n) is 8.04. The second kappa shape index (κ2) is 6.56. The zero-order valence-electron chi connectivity index (χ0n) is 14.0. The summed E-state index contributed by atoms with van der Waals surface area (Å²) in [6, 6.07) is 5.11. The zero-order valence-corrected chi connectivity index (χ0v) is 15.7. The van der Waals surface area contributed by atoms with E-state index >= 15 is 0 Å². The van der Waals surface area contributed by atoms with Crippen LogP contribution in [0.2, 0.25) is 0 Å². The molecule has 9 nitrogen and oxygen atoms in total. The van der Waals surface area contributed by atoms with E-state index in [1.165, 1.54) is 23.6 Å². The summed E-state index contributed by atoms with van der Waals surface area (Å²) < 4.78 is 41.5. The molecule has 0 aliphatic heterocycles. The fourth-order valence-electron chi connectivity index (χ4n) is 2.49. The van der Waals surface area contributed by atoms with Gasteiger partial charge < -0.3 is 10.2 Å². The number of aromatic nitrogens is 3. The largest absolute Gasteiger partial charge is 0.493 e. The lowest BCUT2D eigenvalue weighted by Gasteiger charge is -2.08. The maximum Gasteiger partial charge on any atom is 0.355 e. The summed E-state index contributed by atoms with van der Waals surface area (Å²) in [5, 5.41) is 24.1. The van der Waals surface area contributed by atoms with Crippen LogP contribution < -0.4 is 4.72 Å². The van der Waals surface area contributed by atoms with E-state index in [1.807, 2.05) is 0 Å². The number of anilines is 1. The Balaban J connectivity index is 1.62. The van der Waals surface area contributed by atoms with Gasteiger partial charge in [0.05, 0.1) is 16.6 Å². The van der Waals surface area contributed by atoms with E-state index in [0.29, 0.717) is 18.4 Å². The van der Waals surface area contributed by atoms with Crippen LogP contribution in [-0.2, 0) is 10.0 Å². The number of rotatable bonds is 6. The molecule has 0 spiro atoms. The number of halogens is 1. The first-order valence-corrected chi connectivity index (χ1v) is 10.5. The van der Waals surface area contributed by atoms with Crippen molar-refractivity contribution in [3.63, 3.8) is 0 Å². The molecule has 0 unspecified atom stereocenters. The highest BCUT2D eigenvalue weighted by atomic mass is 32.2. The molecule has 2 aromatic heterocycles. The van der Waals surface area contributed by atoms with E-state index < -0.39 is 27.1 Å². The highest BCUT2D eigenvalue weighted by Gasteiger charge is 2.36. The first kappa shape index (κ1) is 18.4. The summed E-state index contributed by atoms with van der Waals surface area (Å²) >= 11 is 0.972. The number of nitrogens with zero attached hydrogens (tertiary/aromatic N) is 3. The van der Waals surface area contributed by atoms with Crippen LogP contribution in [0.3, 0.4) is 0 Å². The van der Waals surface area contributed by atoms with E-state index in [4.69, 9.17) is 5.11 Å². The molecule has 12 heteroatoms. The predicted molar refractivity (Wildman–Crippen MR) is 98.8 cm³/mol. The number of hydrogen-bond donors (Lipinski definition) is 3. The van der Waals surface area contributed by atoms with Crippen molar-refractivity contribution in [2.45, 2.75) is 18.1 Å². The summed E-state index contributed by atoms with van der Waals surface area (Å²) in [5.74, 6) is -2.29. The second-order valence-corrected chi connectivity index (χ2v) is 8.96. The normalized spacial score (nSPS) is 14.2. The minimum Gasteiger partial charge on any atom is -0.493 e. The molecule has 1 aliphatic carbocycles. The Morgan fingerprint density at radius 1 is 1.32 bits per heavy atom. The lowest BCUT2D eigenvalue weighted by molar-refractivity contribution is 0.0691. The van der Waals surface area contributed by atoms with Crippen molar-refractivity contribution < 1.29 is 27.8 Å². The molecule has 0 saturated heterocycles. The molecular weight excluding hydrogens is 411 g/mol. The molecule has 1 fully saturated rings. The van der Waals surface area contributed by atoms with Gasteiger partial charge in [-0.05, 0) is 25.0 Å². The molecule has 2 heterocycles. The van der Waals surface area contributed by atoms with Gasteiger partial charge in [-0.3, -0.25) is 4.72 Å². The van der Waals surface area contributed by atoms with Crippen LogP contribution in [0.1, 0.15) is 23.3 Å². The van der Waals surface area contributed by atoms with Crippen LogP contribution in [0.5, 0.6) is 5.88 Å². The number of thiazole rings is 1. The van der Waals surface area contributed by atoms with Gasteiger partial charge in [0.1, 0.15) is 5.82 Å². The van der Waals surface area contributed by atoms with Gasteiger partial charge in [0.15, 0.2) is 5.69 Å². The molecule has 0 atom stereocenters. The van der Waals surface area contributed by atoms with E-state index in [-0.39, 0.29) is 28.1 Å². The van der Waals surface area contributed by atoms with E-state index in [2.05, 4.69) is 14.8 Å². The number of benzene rings is 1. The molecular formula is C16H13FN4O5S2. The Bertz CT molecular complexity index is 1180. The lowest BCUT2D eigenvalue weighted by atomic mass is 10.1. The molecule has 3 N–H and O–H groups in total. The number of carboxylic acid groups (broad SMARTS) is 1. The molecule has 4 rings (SSSR count). The molecule has 146 valence electrons. The molecule has 0 amide bonds. The number of carboxylic acids is 1. The van der Waals surface area contributed by atoms with Gasteiger partial charge in [-0.2, -0.15) is 9.78 Å². The topological polar surface area (TPSA) is 134 Å². The summed E-state index contributed by atoms with van der Waals surface area (Å²) in [6.45, 7) is 0. The van der Waals surface area contributed by atoms with Crippen molar-refractivity contribution in [3.05, 3.63) is 41.2 Å². The minimum atomic E-state index is -3.59. The zero-order chi connectivity index (χ0) is 20.1. The fraction of sp³-hybridized carbons (Fsp3) is 0.188. The fourth-order valence-corrected chi connectivity index (χ4v) is 4.64. The Hall–Kier alpha value is -2.99. The minimum absolute atomic E-state index is 0.135. The lowest BCUT2D eigenvalue weighted by Crippen LogP contribution is -2.18. The number of sulfonamides is 1. The van der Waals surface area contributed by atoms with Crippen molar-refractivity contribution in [1.82, 2.24) is 14.8 Å². The van der Waals surface area contributed by atoms with Crippen LogP contribution in [0.15, 0.2) is 29.6 Å². The van der Waals surface area contributed by atoms with Crippen molar-refractivity contribution in [1.29, 1.82) is 0 Å². The van der Waals surface area contributed by atoms with Gasteiger partial charge in [-0.25, -0.2) is 22.6 Å². The van der Waals surface area contributed by atoms with E-state index in [1.54, 1.807) is 0 Å². The summed E-state index contributed by atoms with van der Waals surface area (Å²) in [4.78, 5) is 14.8. The van der Waals surface area contributed by atoms with Gasteiger partial charge in [-0.1, -0.05) is 6.07 Å². The van der Waals surface area contributed by atoms with Crippen LogP contribution in [0.4, 0.5) is 10.1 Å². The third kappa shape index (κ3) is 3.43. The monoisotopic (exact) mass is 424 g/mol. The van der Waals surface area contributed by atoms with Crippen LogP contribution >= 0.6 is 11.3 Å². The SMILES string of the molecule is O=C(O)c1csc(-n2nc(-c3ccc(NS(=O)(=O)C4CC4)c(F)c3)cc2O)n1. The van der Waals surface area contributed by atoms with Crippen LogP contribution in [0, 0.1) is 5.82 Å². The quantitative estimate of drug-likeness (QED) is 0.553. The standard InChI is InChI=1S/C16H13FN4O5S2/c17-10-5-8(1-4-11(10)20-28(25,26)9-2-3-9)12-6-14(22)21(19-12)16-18-13(7-27-16)15(23)24/h1,4-7,9,20,22H,2-3H2,(H,23,24). The maximum atomic E-state index is 14.4. The van der Waals surface area contributed by atoms with Crippen molar-refractivity contribution in [2.24, 2.45) is 0 Å². The maximum absolute atomic E-state index is 14.4. The van der Waals surface area contributed by atoms with Crippen molar-refractivity contribution in [3.8, 4) is 22.3 Å². The van der Waals surface area contributed by atoms with E-state index in [9.17, 15) is 22.7 Å². The second-order valence-electron chi connectivity index (χ2n) is 6.16. The Labute approximate surface area is 162 Å². The van der Waals surface area contributed by atoms with Crippen molar-refractivity contribution in [2.75, 3.05) is 4.72 Å². The van der Waals surface area contributed by atoms with E-state index in [0.717, 1.165) is 22.1 Å². The van der Waals surface area contributed by atoms with Crippen LogP contribution in [0.25, 0.3) is 16.4 Å². The van der Waals surface area contributed by atoms with Gasteiger partial charge in [0.25, 0.3) is 0 Å². The van der Waals surface area contributed by atoms with Gasteiger partial charge >= 0.3 is 5.97 Å². The Kier molecular flexibility index (Phi) is 4.31. The molecule has 3 aromatic rings. The third-order valence-corrected chi connectivity index (χ3v) is 6.73. The molecule has 1 aliphatic rings. The number of hydrogen-bond acceptors (Lipinski definition) is 7. The highest BCUT2D eigenvalue weighted by molar-refractivity contribution is 7.93. The van der Waals surface area contributed by atoms with Crippen LogP contribution in [-0.4, -0.2) is 44.6 Å². The number of nitrogens with one attached hydrogen (secondary N) is 1. The average Bonchev–Trinajstić information content (AvgIpc) is 3.26. The predicted octanol–water partition coefficient (Wildman–Crippen LogP) is 2.44. The molecule has 28 heavy (non-hydrogen) atoms. The van der Waals surface area contributed by atoms with Gasteiger partial charge in [-0.15, -0.1) is 11.3 Å². The number of aromatic carboxylic acids is 1. The Morgan fingerprint density at radius 2 is 2.07 bits per heavy atom. The molecule has 0 bridgehead atoms. The number of carbonyl (C=O) groups is 1. The van der Waals surface area contributed by atoms with Gasteiger partial charge in [0, 0.05) is 17.0 Å².